The zero-order valence-corrected chi connectivity index (χ0v) is 13.3. The topological polar surface area (TPSA) is 50.2 Å². The molecule has 132 valence electrons. The van der Waals surface area contributed by atoms with Gasteiger partial charge in [0.2, 0.25) is 5.91 Å². The fourth-order valence-electron chi connectivity index (χ4n) is 2.86. The number of carbonyl (C=O) groups is 1. The first-order chi connectivity index (χ1) is 11.9. The van der Waals surface area contributed by atoms with Crippen molar-refractivity contribution in [1.82, 2.24) is 15.1 Å². The summed E-state index contributed by atoms with van der Waals surface area (Å²) < 4.78 is 40.0. The SMILES string of the molecule is C=CC(=O)NCC1CN(c2ccc(C(F)(F)F)cc2)c2ccnn2C1. The molecule has 0 saturated heterocycles. The molecule has 1 N–H and O–H groups in total. The summed E-state index contributed by atoms with van der Waals surface area (Å²) in [6.45, 7) is 5.03. The molecule has 3 rings (SSSR count). The fraction of sp³-hybridized carbons (Fsp3) is 0.294. The Bertz CT molecular complexity index is 767. The minimum Gasteiger partial charge on any atom is -0.352 e. The van der Waals surface area contributed by atoms with E-state index in [-0.39, 0.29) is 11.8 Å². The van der Waals surface area contributed by atoms with Crippen LogP contribution in [0.25, 0.3) is 0 Å². The summed E-state index contributed by atoms with van der Waals surface area (Å²) in [4.78, 5) is 13.3. The number of fused-ring (bicyclic) bond motifs is 1. The number of anilines is 2. The van der Waals surface area contributed by atoms with Gasteiger partial charge in [-0.3, -0.25) is 4.79 Å². The Morgan fingerprint density at radius 2 is 2.00 bits per heavy atom. The van der Waals surface area contributed by atoms with E-state index in [1.54, 1.807) is 10.9 Å². The Labute approximate surface area is 142 Å². The smallest absolute Gasteiger partial charge is 0.352 e. The highest BCUT2D eigenvalue weighted by molar-refractivity contribution is 5.86. The number of halogens is 3. The summed E-state index contributed by atoms with van der Waals surface area (Å²) in [7, 11) is 0. The Hall–Kier alpha value is -2.77. The van der Waals surface area contributed by atoms with Gasteiger partial charge in [-0.25, -0.2) is 4.68 Å². The maximum atomic E-state index is 12.7. The van der Waals surface area contributed by atoms with Crippen LogP contribution in [0.1, 0.15) is 5.56 Å². The van der Waals surface area contributed by atoms with Crippen LogP contribution < -0.4 is 10.2 Å². The predicted octanol–water partition coefficient (Wildman–Crippen LogP) is 2.97. The third-order valence-electron chi connectivity index (χ3n) is 4.10. The van der Waals surface area contributed by atoms with Gasteiger partial charge in [0, 0.05) is 37.3 Å². The van der Waals surface area contributed by atoms with E-state index >= 15 is 0 Å². The third-order valence-corrected chi connectivity index (χ3v) is 4.10. The van der Waals surface area contributed by atoms with Gasteiger partial charge in [0.15, 0.2) is 0 Å². The molecule has 1 atom stereocenters. The zero-order valence-electron chi connectivity index (χ0n) is 13.3. The first-order valence-corrected chi connectivity index (χ1v) is 7.75. The Balaban J connectivity index is 1.82. The lowest BCUT2D eigenvalue weighted by molar-refractivity contribution is -0.137. The molecule has 1 aliphatic heterocycles. The van der Waals surface area contributed by atoms with Crippen molar-refractivity contribution < 1.29 is 18.0 Å². The van der Waals surface area contributed by atoms with Crippen molar-refractivity contribution in [2.75, 3.05) is 18.0 Å². The van der Waals surface area contributed by atoms with Crippen LogP contribution in [-0.4, -0.2) is 28.8 Å². The number of nitrogens with one attached hydrogen (secondary N) is 1. The van der Waals surface area contributed by atoms with Gasteiger partial charge in [0.05, 0.1) is 11.8 Å². The Kier molecular flexibility index (Phi) is 4.52. The molecule has 1 amide bonds. The van der Waals surface area contributed by atoms with Crippen molar-refractivity contribution in [2.24, 2.45) is 5.92 Å². The van der Waals surface area contributed by atoms with Gasteiger partial charge in [-0.2, -0.15) is 18.3 Å². The van der Waals surface area contributed by atoms with Crippen molar-refractivity contribution in [3.63, 3.8) is 0 Å². The molecule has 2 heterocycles. The average molecular weight is 350 g/mol. The molecule has 5 nitrogen and oxygen atoms in total. The third kappa shape index (κ3) is 3.67. The van der Waals surface area contributed by atoms with Crippen LogP contribution in [0.4, 0.5) is 24.7 Å². The van der Waals surface area contributed by atoms with Gasteiger partial charge < -0.3 is 10.2 Å². The fourth-order valence-corrected chi connectivity index (χ4v) is 2.86. The summed E-state index contributed by atoms with van der Waals surface area (Å²) in [5, 5.41) is 7.00. The molecular formula is C17H17F3N4O. The zero-order chi connectivity index (χ0) is 18.0. The van der Waals surface area contributed by atoms with Gasteiger partial charge in [-0.15, -0.1) is 0 Å². The Morgan fingerprint density at radius 1 is 1.28 bits per heavy atom. The lowest BCUT2D eigenvalue weighted by Crippen LogP contribution is -2.41. The monoisotopic (exact) mass is 350 g/mol. The second kappa shape index (κ2) is 6.62. The van der Waals surface area contributed by atoms with Gasteiger partial charge in [-0.05, 0) is 30.3 Å². The average Bonchev–Trinajstić information content (AvgIpc) is 3.06. The number of hydrogen-bond donors (Lipinski definition) is 1. The molecule has 0 spiro atoms. The van der Waals surface area contributed by atoms with Crippen molar-refractivity contribution in [3.05, 3.63) is 54.7 Å². The van der Waals surface area contributed by atoms with Crippen LogP contribution >= 0.6 is 0 Å². The minimum absolute atomic E-state index is 0.0681. The standard InChI is InChI=1S/C17H17F3N4O/c1-2-15(25)21-9-12-10-23(16-7-8-22-24(16)11-12)14-5-3-13(4-6-14)17(18,19)20/h2-8,12H,1,9-11H2,(H,21,25). The number of aromatic nitrogens is 2. The van der Waals surface area contributed by atoms with Gasteiger partial charge >= 0.3 is 6.18 Å². The summed E-state index contributed by atoms with van der Waals surface area (Å²) in [6.07, 6.45) is -1.51. The first kappa shape index (κ1) is 17.1. The number of amides is 1. The highest BCUT2D eigenvalue weighted by Crippen LogP contribution is 2.34. The van der Waals surface area contributed by atoms with E-state index in [4.69, 9.17) is 0 Å². The van der Waals surface area contributed by atoms with E-state index < -0.39 is 11.7 Å². The van der Waals surface area contributed by atoms with Crippen LogP contribution in [0.3, 0.4) is 0 Å². The number of hydrogen-bond acceptors (Lipinski definition) is 3. The quantitative estimate of drug-likeness (QED) is 0.863. The predicted molar refractivity (Wildman–Crippen MR) is 87.4 cm³/mol. The largest absolute Gasteiger partial charge is 0.416 e. The molecule has 1 aromatic carbocycles. The number of rotatable bonds is 4. The van der Waals surface area contributed by atoms with Gasteiger partial charge in [0.1, 0.15) is 5.82 Å². The molecule has 25 heavy (non-hydrogen) atoms. The van der Waals surface area contributed by atoms with E-state index in [1.165, 1.54) is 18.2 Å². The summed E-state index contributed by atoms with van der Waals surface area (Å²) >= 11 is 0. The summed E-state index contributed by atoms with van der Waals surface area (Å²) in [5.74, 6) is 0.622. The van der Waals surface area contributed by atoms with Crippen LogP contribution in [0, 0.1) is 5.92 Å². The van der Waals surface area contributed by atoms with Crippen LogP contribution in [0.5, 0.6) is 0 Å². The maximum absolute atomic E-state index is 12.7. The van der Waals surface area contributed by atoms with Crippen molar-refractivity contribution in [3.8, 4) is 0 Å². The molecule has 1 aliphatic rings. The van der Waals surface area contributed by atoms with E-state index in [2.05, 4.69) is 17.0 Å². The van der Waals surface area contributed by atoms with Crippen molar-refractivity contribution in [2.45, 2.75) is 12.7 Å². The van der Waals surface area contributed by atoms with E-state index in [9.17, 15) is 18.0 Å². The maximum Gasteiger partial charge on any atom is 0.416 e. The van der Waals surface area contributed by atoms with Gasteiger partial charge in [0.25, 0.3) is 0 Å². The van der Waals surface area contributed by atoms with Crippen LogP contribution in [-0.2, 0) is 17.5 Å². The van der Waals surface area contributed by atoms with Crippen LogP contribution in [0.2, 0.25) is 0 Å². The Morgan fingerprint density at radius 3 is 2.64 bits per heavy atom. The summed E-state index contributed by atoms with van der Waals surface area (Å²) in [5.41, 5.74) is -0.0361. The van der Waals surface area contributed by atoms with Crippen molar-refractivity contribution >= 4 is 17.4 Å². The highest BCUT2D eigenvalue weighted by atomic mass is 19.4. The second-order valence-electron chi connectivity index (χ2n) is 5.84. The highest BCUT2D eigenvalue weighted by Gasteiger charge is 2.31. The molecule has 0 bridgehead atoms. The van der Waals surface area contributed by atoms with Crippen LogP contribution in [0.15, 0.2) is 49.2 Å². The molecule has 8 heteroatoms. The molecule has 0 saturated carbocycles. The number of alkyl halides is 3. The molecule has 1 aromatic heterocycles. The molecular weight excluding hydrogens is 333 g/mol. The molecule has 2 aromatic rings. The normalized spacial score (nSPS) is 17.1. The number of carbonyl (C=O) groups excluding carboxylic acids is 1. The first-order valence-electron chi connectivity index (χ1n) is 7.75. The van der Waals surface area contributed by atoms with E-state index in [0.717, 1.165) is 18.0 Å². The van der Waals surface area contributed by atoms with Crippen molar-refractivity contribution in [1.29, 1.82) is 0 Å². The van der Waals surface area contributed by atoms with E-state index in [1.807, 2.05) is 11.0 Å². The molecule has 0 aliphatic carbocycles. The number of nitrogens with zero attached hydrogens (tertiary/aromatic N) is 3. The summed E-state index contributed by atoms with van der Waals surface area (Å²) in [6, 6.07) is 6.85. The molecule has 0 fully saturated rings. The second-order valence-corrected chi connectivity index (χ2v) is 5.84. The number of benzene rings is 1. The lowest BCUT2D eigenvalue weighted by atomic mass is 10.1. The molecule has 0 radical (unpaired) electrons. The lowest BCUT2D eigenvalue weighted by Gasteiger charge is -2.35. The molecule has 1 unspecified atom stereocenters. The van der Waals surface area contributed by atoms with Gasteiger partial charge in [-0.1, -0.05) is 6.58 Å². The van der Waals surface area contributed by atoms with E-state index in [0.29, 0.717) is 25.3 Å². The minimum atomic E-state index is -4.36.